The van der Waals surface area contributed by atoms with E-state index in [2.05, 4.69) is 10.5 Å². The predicted molar refractivity (Wildman–Crippen MR) is 54.9 cm³/mol. The van der Waals surface area contributed by atoms with E-state index < -0.39 is 5.97 Å². The molecule has 0 amide bonds. The van der Waals surface area contributed by atoms with E-state index >= 15 is 0 Å². The van der Waals surface area contributed by atoms with Gasteiger partial charge in [0.2, 0.25) is 0 Å². The van der Waals surface area contributed by atoms with Crippen molar-refractivity contribution in [2.24, 2.45) is 0 Å². The summed E-state index contributed by atoms with van der Waals surface area (Å²) in [6.45, 7) is 1.78. The molecule has 0 radical (unpaired) electrons. The molecule has 1 heterocycles. The lowest BCUT2D eigenvalue weighted by Crippen LogP contribution is -2.12. The average molecular weight is 206 g/mol. The summed E-state index contributed by atoms with van der Waals surface area (Å²) in [5.74, 6) is -0.463. The van der Waals surface area contributed by atoms with Crippen LogP contribution in [-0.2, 0) is 4.79 Å². The van der Waals surface area contributed by atoms with Crippen LogP contribution in [0, 0.1) is 6.92 Å². The summed E-state index contributed by atoms with van der Waals surface area (Å²) in [6.07, 6.45) is 0. The van der Waals surface area contributed by atoms with Crippen molar-refractivity contribution in [1.29, 1.82) is 0 Å². The number of aliphatic carboxylic acids is 1. The molecule has 15 heavy (non-hydrogen) atoms. The Morgan fingerprint density at radius 1 is 1.60 bits per heavy atom. The highest BCUT2D eigenvalue weighted by molar-refractivity contribution is 5.89. The average Bonchev–Trinajstić information content (AvgIpc) is 2.57. The number of anilines is 1. The largest absolute Gasteiger partial charge is 0.480 e. The molecule has 78 valence electrons. The minimum atomic E-state index is -0.932. The molecule has 0 spiro atoms. The molecule has 5 heteroatoms. The first-order valence-corrected chi connectivity index (χ1v) is 4.48. The van der Waals surface area contributed by atoms with Crippen LogP contribution in [0.15, 0.2) is 22.7 Å². The SMILES string of the molecule is Cc1ccc2onc(NCC(=O)O)c2c1. The number of benzene rings is 1. The number of aryl methyl sites for hydroxylation is 1. The molecular formula is C10H10N2O3. The van der Waals surface area contributed by atoms with Gasteiger partial charge < -0.3 is 14.9 Å². The van der Waals surface area contributed by atoms with Crippen molar-refractivity contribution in [2.75, 3.05) is 11.9 Å². The van der Waals surface area contributed by atoms with Gasteiger partial charge in [-0.3, -0.25) is 4.79 Å². The zero-order valence-corrected chi connectivity index (χ0v) is 8.15. The molecule has 0 fully saturated rings. The fourth-order valence-corrected chi connectivity index (χ4v) is 1.34. The molecule has 2 aromatic rings. The number of carboxylic acid groups (broad SMARTS) is 1. The van der Waals surface area contributed by atoms with Gasteiger partial charge >= 0.3 is 5.97 Å². The van der Waals surface area contributed by atoms with Crippen LogP contribution >= 0.6 is 0 Å². The van der Waals surface area contributed by atoms with Crippen LogP contribution in [-0.4, -0.2) is 22.8 Å². The summed E-state index contributed by atoms with van der Waals surface area (Å²) < 4.78 is 5.03. The van der Waals surface area contributed by atoms with Gasteiger partial charge in [0.1, 0.15) is 6.54 Å². The van der Waals surface area contributed by atoms with Crippen molar-refractivity contribution in [2.45, 2.75) is 6.92 Å². The zero-order chi connectivity index (χ0) is 10.8. The molecule has 5 nitrogen and oxygen atoms in total. The van der Waals surface area contributed by atoms with Gasteiger partial charge in [-0.2, -0.15) is 0 Å². The summed E-state index contributed by atoms with van der Waals surface area (Å²) in [6, 6.07) is 5.62. The Hall–Kier alpha value is -2.04. The van der Waals surface area contributed by atoms with Crippen LogP contribution in [0.4, 0.5) is 5.82 Å². The number of hydrogen-bond donors (Lipinski definition) is 2. The fraction of sp³-hybridized carbons (Fsp3) is 0.200. The smallest absolute Gasteiger partial charge is 0.322 e. The summed E-state index contributed by atoms with van der Waals surface area (Å²) in [5, 5.41) is 15.8. The van der Waals surface area contributed by atoms with E-state index in [1.807, 2.05) is 25.1 Å². The molecule has 1 aromatic carbocycles. The van der Waals surface area contributed by atoms with E-state index in [9.17, 15) is 4.79 Å². The Kier molecular flexibility index (Phi) is 2.29. The third kappa shape index (κ3) is 1.90. The number of nitrogens with zero attached hydrogens (tertiary/aromatic N) is 1. The molecule has 0 unspecified atom stereocenters. The van der Waals surface area contributed by atoms with E-state index in [4.69, 9.17) is 9.63 Å². The second-order valence-corrected chi connectivity index (χ2v) is 3.28. The number of fused-ring (bicyclic) bond motifs is 1. The Labute approximate surface area is 85.7 Å². The van der Waals surface area contributed by atoms with Crippen molar-refractivity contribution in [3.63, 3.8) is 0 Å². The Morgan fingerprint density at radius 2 is 2.40 bits per heavy atom. The van der Waals surface area contributed by atoms with E-state index in [-0.39, 0.29) is 6.54 Å². The van der Waals surface area contributed by atoms with Crippen LogP contribution in [0.3, 0.4) is 0 Å². The topological polar surface area (TPSA) is 75.4 Å². The normalized spacial score (nSPS) is 10.5. The van der Waals surface area contributed by atoms with Crippen LogP contribution in [0.1, 0.15) is 5.56 Å². The lowest BCUT2D eigenvalue weighted by molar-refractivity contribution is -0.134. The third-order valence-corrected chi connectivity index (χ3v) is 2.03. The number of nitrogens with one attached hydrogen (secondary N) is 1. The number of aromatic nitrogens is 1. The Balaban J connectivity index is 2.35. The van der Waals surface area contributed by atoms with Crippen molar-refractivity contribution < 1.29 is 14.4 Å². The molecule has 0 aliphatic carbocycles. The molecule has 2 rings (SSSR count). The van der Waals surface area contributed by atoms with Gasteiger partial charge in [0.25, 0.3) is 0 Å². The van der Waals surface area contributed by atoms with Gasteiger partial charge in [0.05, 0.1) is 5.39 Å². The van der Waals surface area contributed by atoms with Crippen LogP contribution in [0.25, 0.3) is 11.0 Å². The molecular weight excluding hydrogens is 196 g/mol. The van der Waals surface area contributed by atoms with E-state index in [1.54, 1.807) is 0 Å². The highest BCUT2D eigenvalue weighted by Crippen LogP contribution is 2.23. The van der Waals surface area contributed by atoms with Crippen molar-refractivity contribution in [3.8, 4) is 0 Å². The summed E-state index contributed by atoms with van der Waals surface area (Å²) in [4.78, 5) is 10.4. The van der Waals surface area contributed by atoms with Gasteiger partial charge in [0, 0.05) is 0 Å². The Morgan fingerprint density at radius 3 is 3.13 bits per heavy atom. The van der Waals surface area contributed by atoms with Crippen molar-refractivity contribution in [1.82, 2.24) is 5.16 Å². The summed E-state index contributed by atoms with van der Waals surface area (Å²) in [7, 11) is 0. The predicted octanol–water partition coefficient (Wildman–Crippen LogP) is 1.63. The first kappa shape index (κ1) is 9.51. The first-order chi connectivity index (χ1) is 7.16. The lowest BCUT2D eigenvalue weighted by atomic mass is 10.2. The highest BCUT2D eigenvalue weighted by atomic mass is 16.5. The molecule has 1 aromatic heterocycles. The first-order valence-electron chi connectivity index (χ1n) is 4.48. The maximum absolute atomic E-state index is 10.4. The van der Waals surface area contributed by atoms with Crippen LogP contribution in [0.5, 0.6) is 0 Å². The minimum Gasteiger partial charge on any atom is -0.480 e. The molecule has 0 aliphatic heterocycles. The van der Waals surface area contributed by atoms with Crippen molar-refractivity contribution in [3.05, 3.63) is 23.8 Å². The second kappa shape index (κ2) is 3.61. The molecule has 0 bridgehead atoms. The van der Waals surface area contributed by atoms with Crippen LogP contribution < -0.4 is 5.32 Å². The molecule has 0 saturated carbocycles. The van der Waals surface area contributed by atoms with E-state index in [0.29, 0.717) is 11.4 Å². The monoisotopic (exact) mass is 206 g/mol. The summed E-state index contributed by atoms with van der Waals surface area (Å²) >= 11 is 0. The van der Waals surface area contributed by atoms with E-state index in [0.717, 1.165) is 10.9 Å². The van der Waals surface area contributed by atoms with Crippen LogP contribution in [0.2, 0.25) is 0 Å². The van der Waals surface area contributed by atoms with Crippen molar-refractivity contribution >= 4 is 22.8 Å². The summed E-state index contributed by atoms with van der Waals surface area (Å²) in [5.41, 5.74) is 1.72. The number of carboxylic acids is 1. The van der Waals surface area contributed by atoms with Gasteiger partial charge in [-0.25, -0.2) is 0 Å². The fourth-order valence-electron chi connectivity index (χ4n) is 1.34. The number of carbonyl (C=O) groups is 1. The quantitative estimate of drug-likeness (QED) is 0.798. The number of hydrogen-bond acceptors (Lipinski definition) is 4. The number of rotatable bonds is 3. The standard InChI is InChI=1S/C10H10N2O3/c1-6-2-3-8-7(4-6)10(12-15-8)11-5-9(13)14/h2-4H,5H2,1H3,(H,11,12)(H,13,14). The zero-order valence-electron chi connectivity index (χ0n) is 8.15. The third-order valence-electron chi connectivity index (χ3n) is 2.03. The molecule has 0 aliphatic rings. The molecule has 0 atom stereocenters. The van der Waals surface area contributed by atoms with Gasteiger partial charge in [-0.05, 0) is 19.1 Å². The van der Waals surface area contributed by atoms with E-state index in [1.165, 1.54) is 0 Å². The molecule has 2 N–H and O–H groups in total. The highest BCUT2D eigenvalue weighted by Gasteiger charge is 2.08. The van der Waals surface area contributed by atoms with Gasteiger partial charge in [0.15, 0.2) is 11.4 Å². The molecule has 0 saturated heterocycles. The maximum atomic E-state index is 10.4. The minimum absolute atomic E-state index is 0.171. The lowest BCUT2D eigenvalue weighted by Gasteiger charge is -1.97. The Bertz CT molecular complexity index is 504. The second-order valence-electron chi connectivity index (χ2n) is 3.28. The maximum Gasteiger partial charge on any atom is 0.322 e. The van der Waals surface area contributed by atoms with Gasteiger partial charge in [-0.1, -0.05) is 16.8 Å². The van der Waals surface area contributed by atoms with Gasteiger partial charge in [-0.15, -0.1) is 0 Å².